The van der Waals surface area contributed by atoms with Gasteiger partial charge in [-0.15, -0.1) is 0 Å². The van der Waals surface area contributed by atoms with Gasteiger partial charge in [-0.1, -0.05) is 0 Å². The van der Waals surface area contributed by atoms with Gasteiger partial charge < -0.3 is 15.4 Å². The topological polar surface area (TPSA) is 58.8 Å². The zero-order valence-electron chi connectivity index (χ0n) is 12.1. The predicted molar refractivity (Wildman–Crippen MR) is 79.1 cm³/mol. The minimum absolute atomic E-state index is 0.0178. The molecule has 1 atom stereocenters. The summed E-state index contributed by atoms with van der Waals surface area (Å²) in [6.45, 7) is 1.74. The summed E-state index contributed by atoms with van der Waals surface area (Å²) in [6.07, 6.45) is 2.92. The average Bonchev–Trinajstić information content (AvgIpc) is 3.03. The summed E-state index contributed by atoms with van der Waals surface area (Å²) in [7, 11) is 3.64. The zero-order valence-corrected chi connectivity index (χ0v) is 12.1. The summed E-state index contributed by atoms with van der Waals surface area (Å²) in [6, 6.07) is 3.84. The normalized spacial score (nSPS) is 22.1. The van der Waals surface area contributed by atoms with E-state index in [2.05, 4.69) is 4.90 Å². The molecule has 1 aromatic carbocycles. The van der Waals surface area contributed by atoms with Crippen LogP contribution in [0.15, 0.2) is 12.1 Å². The molecule has 1 saturated heterocycles. The summed E-state index contributed by atoms with van der Waals surface area (Å²) in [5.41, 5.74) is 8.66. The van der Waals surface area contributed by atoms with Crippen LogP contribution in [0.1, 0.15) is 18.4 Å². The van der Waals surface area contributed by atoms with Crippen LogP contribution in [-0.2, 0) is 11.2 Å². The molecule has 0 aromatic heterocycles. The van der Waals surface area contributed by atoms with E-state index in [1.807, 2.05) is 24.1 Å². The lowest BCUT2D eigenvalue weighted by atomic mass is 10.1. The molecule has 5 heteroatoms. The lowest BCUT2D eigenvalue weighted by Crippen LogP contribution is -2.43. The summed E-state index contributed by atoms with van der Waals surface area (Å²) in [4.78, 5) is 16.7. The van der Waals surface area contributed by atoms with Crippen molar-refractivity contribution in [3.8, 4) is 5.75 Å². The number of anilines is 2. The summed E-state index contributed by atoms with van der Waals surface area (Å²) < 4.78 is 5.25. The molecule has 2 N–H and O–H groups in total. The summed E-state index contributed by atoms with van der Waals surface area (Å²) in [5.74, 6) is 0.893. The number of carbonyl (C=O) groups excluding carboxylic acids is 1. The molecule has 1 aromatic rings. The number of rotatable bonds is 2. The Labute approximate surface area is 119 Å². The number of hydrogen-bond acceptors (Lipinski definition) is 4. The monoisotopic (exact) mass is 275 g/mol. The molecule has 0 saturated carbocycles. The molecular weight excluding hydrogens is 254 g/mol. The Kier molecular flexibility index (Phi) is 3.30. The SMILES string of the molecule is COc1cc2c(cc1N)N(C(=O)[C@H]1CCCN1C)CC2. The number of likely N-dealkylation sites (N-methyl/N-ethyl adjacent to an activating group) is 1. The number of nitrogen functional groups attached to an aromatic ring is 1. The van der Waals surface area contributed by atoms with E-state index >= 15 is 0 Å². The third-order valence-electron chi connectivity index (χ3n) is 4.40. The highest BCUT2D eigenvalue weighted by Crippen LogP contribution is 2.36. The number of amides is 1. The van der Waals surface area contributed by atoms with Gasteiger partial charge in [0.25, 0.3) is 0 Å². The van der Waals surface area contributed by atoms with E-state index in [0.717, 1.165) is 43.6 Å². The first-order chi connectivity index (χ1) is 9.61. The first kappa shape index (κ1) is 13.2. The molecule has 108 valence electrons. The van der Waals surface area contributed by atoms with Crippen molar-refractivity contribution in [3.05, 3.63) is 17.7 Å². The van der Waals surface area contributed by atoms with Crippen LogP contribution >= 0.6 is 0 Å². The highest BCUT2D eigenvalue weighted by molar-refractivity contribution is 5.99. The molecule has 0 radical (unpaired) electrons. The van der Waals surface area contributed by atoms with Crippen molar-refractivity contribution in [3.63, 3.8) is 0 Å². The van der Waals surface area contributed by atoms with Gasteiger partial charge in [-0.05, 0) is 50.6 Å². The van der Waals surface area contributed by atoms with E-state index in [-0.39, 0.29) is 11.9 Å². The number of fused-ring (bicyclic) bond motifs is 1. The zero-order chi connectivity index (χ0) is 14.3. The number of nitrogens with two attached hydrogens (primary N) is 1. The number of ether oxygens (including phenoxy) is 1. The Morgan fingerprint density at radius 2 is 2.20 bits per heavy atom. The molecule has 0 unspecified atom stereocenters. The first-order valence-electron chi connectivity index (χ1n) is 7.10. The maximum atomic E-state index is 12.7. The van der Waals surface area contributed by atoms with Gasteiger partial charge in [0, 0.05) is 12.2 Å². The standard InChI is InChI=1S/C15H21N3O2/c1-17-6-3-4-12(17)15(19)18-7-5-10-8-14(20-2)11(16)9-13(10)18/h8-9,12H,3-7,16H2,1-2H3/t12-/m1/s1. The Hall–Kier alpha value is -1.75. The van der Waals surface area contributed by atoms with Crippen LogP contribution in [0.5, 0.6) is 5.75 Å². The molecule has 0 spiro atoms. The fourth-order valence-corrected chi connectivity index (χ4v) is 3.24. The van der Waals surface area contributed by atoms with Gasteiger partial charge in [-0.25, -0.2) is 0 Å². The number of benzene rings is 1. The number of hydrogen-bond donors (Lipinski definition) is 1. The Balaban J connectivity index is 1.89. The van der Waals surface area contributed by atoms with Crippen molar-refractivity contribution in [2.45, 2.75) is 25.3 Å². The third kappa shape index (κ3) is 2.02. The molecule has 3 rings (SSSR count). The van der Waals surface area contributed by atoms with Crippen molar-refractivity contribution in [2.24, 2.45) is 0 Å². The minimum atomic E-state index is 0.0178. The van der Waals surface area contributed by atoms with Crippen LogP contribution < -0.4 is 15.4 Å². The Morgan fingerprint density at radius 1 is 1.40 bits per heavy atom. The number of methoxy groups -OCH3 is 1. The van der Waals surface area contributed by atoms with Gasteiger partial charge in [-0.2, -0.15) is 0 Å². The number of carbonyl (C=O) groups is 1. The van der Waals surface area contributed by atoms with Crippen molar-refractivity contribution >= 4 is 17.3 Å². The molecule has 0 aliphatic carbocycles. The van der Waals surface area contributed by atoms with Gasteiger partial charge >= 0.3 is 0 Å². The number of likely N-dealkylation sites (tertiary alicyclic amines) is 1. The lowest BCUT2D eigenvalue weighted by molar-refractivity contribution is -0.122. The molecular formula is C15H21N3O2. The highest BCUT2D eigenvalue weighted by atomic mass is 16.5. The molecule has 2 heterocycles. The summed E-state index contributed by atoms with van der Waals surface area (Å²) >= 11 is 0. The van der Waals surface area contributed by atoms with E-state index in [1.165, 1.54) is 0 Å². The lowest BCUT2D eigenvalue weighted by Gasteiger charge is -2.25. The van der Waals surface area contributed by atoms with Crippen LogP contribution in [0.2, 0.25) is 0 Å². The minimum Gasteiger partial charge on any atom is -0.495 e. The second kappa shape index (κ2) is 4.98. The van der Waals surface area contributed by atoms with Crippen LogP contribution in [0, 0.1) is 0 Å². The van der Waals surface area contributed by atoms with E-state index in [1.54, 1.807) is 7.11 Å². The highest BCUT2D eigenvalue weighted by Gasteiger charge is 2.35. The fourth-order valence-electron chi connectivity index (χ4n) is 3.24. The first-order valence-corrected chi connectivity index (χ1v) is 7.10. The van der Waals surface area contributed by atoms with Gasteiger partial charge in [0.1, 0.15) is 5.75 Å². The predicted octanol–water partition coefficient (Wildman–Crippen LogP) is 1.26. The molecule has 2 aliphatic rings. The average molecular weight is 275 g/mol. The second-order valence-corrected chi connectivity index (χ2v) is 5.60. The fraction of sp³-hybridized carbons (Fsp3) is 0.533. The smallest absolute Gasteiger partial charge is 0.244 e. The van der Waals surface area contributed by atoms with Crippen LogP contribution in [-0.4, -0.2) is 44.1 Å². The van der Waals surface area contributed by atoms with Crippen LogP contribution in [0.3, 0.4) is 0 Å². The van der Waals surface area contributed by atoms with Crippen molar-refractivity contribution in [2.75, 3.05) is 37.9 Å². The van der Waals surface area contributed by atoms with Gasteiger partial charge in [-0.3, -0.25) is 9.69 Å². The molecule has 1 amide bonds. The molecule has 0 bridgehead atoms. The summed E-state index contributed by atoms with van der Waals surface area (Å²) in [5, 5.41) is 0. The quantitative estimate of drug-likeness (QED) is 0.826. The Morgan fingerprint density at radius 3 is 2.85 bits per heavy atom. The van der Waals surface area contributed by atoms with Crippen molar-refractivity contribution in [1.82, 2.24) is 4.90 Å². The Bertz CT molecular complexity index is 544. The van der Waals surface area contributed by atoms with Crippen molar-refractivity contribution in [1.29, 1.82) is 0 Å². The van der Waals surface area contributed by atoms with Gasteiger partial charge in [0.2, 0.25) is 5.91 Å². The van der Waals surface area contributed by atoms with E-state index in [0.29, 0.717) is 11.4 Å². The molecule has 1 fully saturated rings. The number of nitrogens with zero attached hydrogens (tertiary/aromatic N) is 2. The molecule has 5 nitrogen and oxygen atoms in total. The van der Waals surface area contributed by atoms with Gasteiger partial charge in [0.05, 0.1) is 18.8 Å². The maximum absolute atomic E-state index is 12.7. The van der Waals surface area contributed by atoms with E-state index < -0.39 is 0 Å². The van der Waals surface area contributed by atoms with Crippen molar-refractivity contribution < 1.29 is 9.53 Å². The van der Waals surface area contributed by atoms with Gasteiger partial charge in [0.15, 0.2) is 0 Å². The van der Waals surface area contributed by atoms with Crippen LogP contribution in [0.25, 0.3) is 0 Å². The van der Waals surface area contributed by atoms with Crippen LogP contribution in [0.4, 0.5) is 11.4 Å². The second-order valence-electron chi connectivity index (χ2n) is 5.60. The largest absolute Gasteiger partial charge is 0.495 e. The van der Waals surface area contributed by atoms with E-state index in [9.17, 15) is 4.79 Å². The molecule has 2 aliphatic heterocycles. The maximum Gasteiger partial charge on any atom is 0.244 e. The third-order valence-corrected chi connectivity index (χ3v) is 4.40. The van der Waals surface area contributed by atoms with E-state index in [4.69, 9.17) is 10.5 Å². The molecule has 20 heavy (non-hydrogen) atoms.